The molecule has 6 heteroatoms. The van der Waals surface area contributed by atoms with Crippen LogP contribution >= 0.6 is 0 Å². The molecule has 6 nitrogen and oxygen atoms in total. The lowest BCUT2D eigenvalue weighted by atomic mass is 10.1. The predicted octanol–water partition coefficient (Wildman–Crippen LogP) is -0.0928. The van der Waals surface area contributed by atoms with Gasteiger partial charge in [0, 0.05) is 7.11 Å². The number of hydrogen-bond acceptors (Lipinski definition) is 4. The molecule has 1 rings (SSSR count). The lowest BCUT2D eigenvalue weighted by Crippen LogP contribution is -2.33. The minimum absolute atomic E-state index is 0.378. The quantitative estimate of drug-likeness (QED) is 0.677. The Kier molecular flexibility index (Phi) is 5.12. The topological polar surface area (TPSA) is 90.7 Å². The van der Waals surface area contributed by atoms with Crippen LogP contribution in [0.4, 0.5) is 0 Å². The van der Waals surface area contributed by atoms with Crippen LogP contribution in [0.3, 0.4) is 0 Å². The number of methoxy groups -OCH3 is 1. The van der Waals surface area contributed by atoms with Gasteiger partial charge in [-0.25, -0.2) is 5.48 Å². The zero-order valence-corrected chi connectivity index (χ0v) is 9.38. The third kappa shape index (κ3) is 4.21. The van der Waals surface area contributed by atoms with Crippen molar-refractivity contribution in [3.8, 4) is 0 Å². The van der Waals surface area contributed by atoms with Crippen LogP contribution in [0.1, 0.15) is 11.7 Å². The second-order valence-electron chi connectivity index (χ2n) is 3.25. The molecule has 1 unspecified atom stereocenters. The highest BCUT2D eigenvalue weighted by atomic mass is 16.7. The Morgan fingerprint density at radius 3 is 2.53 bits per heavy atom. The molecule has 0 saturated carbocycles. The standard InChI is InChI=1S/C11H14N2O4/c1-16-10(8-5-3-2-4-6-8)11(15)13-17-7-9(12)14/h2-6,10H,7H2,1H3,(H2,12,14)(H,13,15). The molecule has 0 spiro atoms. The fourth-order valence-electron chi connectivity index (χ4n) is 1.25. The highest BCUT2D eigenvalue weighted by Crippen LogP contribution is 2.15. The van der Waals surface area contributed by atoms with Gasteiger partial charge in [0.05, 0.1) is 0 Å². The van der Waals surface area contributed by atoms with Crippen molar-refractivity contribution in [3.63, 3.8) is 0 Å². The molecule has 0 bridgehead atoms. The Morgan fingerprint density at radius 1 is 1.35 bits per heavy atom. The predicted molar refractivity (Wildman–Crippen MR) is 59.5 cm³/mol. The number of rotatable bonds is 6. The van der Waals surface area contributed by atoms with Crippen LogP contribution < -0.4 is 11.2 Å². The summed E-state index contributed by atoms with van der Waals surface area (Å²) in [5, 5.41) is 0. The van der Waals surface area contributed by atoms with E-state index >= 15 is 0 Å². The minimum atomic E-state index is -0.788. The SMILES string of the molecule is COC(C(=O)NOCC(N)=O)c1ccccc1. The molecule has 0 fully saturated rings. The zero-order chi connectivity index (χ0) is 12.7. The molecule has 1 atom stereocenters. The molecule has 1 aromatic rings. The summed E-state index contributed by atoms with van der Waals surface area (Å²) in [5.41, 5.74) is 7.64. The highest BCUT2D eigenvalue weighted by Gasteiger charge is 2.19. The van der Waals surface area contributed by atoms with Crippen molar-refractivity contribution in [1.29, 1.82) is 0 Å². The van der Waals surface area contributed by atoms with Crippen LogP contribution in [0.2, 0.25) is 0 Å². The molecule has 0 aliphatic rings. The first-order chi connectivity index (χ1) is 8.15. The van der Waals surface area contributed by atoms with E-state index in [1.807, 2.05) is 6.07 Å². The van der Waals surface area contributed by atoms with E-state index in [2.05, 4.69) is 10.3 Å². The number of ether oxygens (including phenoxy) is 1. The summed E-state index contributed by atoms with van der Waals surface area (Å²) in [4.78, 5) is 26.7. The van der Waals surface area contributed by atoms with E-state index in [1.54, 1.807) is 24.3 Å². The number of hydrogen-bond donors (Lipinski definition) is 2. The van der Waals surface area contributed by atoms with Crippen molar-refractivity contribution in [2.45, 2.75) is 6.10 Å². The number of nitrogens with one attached hydrogen (secondary N) is 1. The molecule has 0 aliphatic carbocycles. The molecule has 92 valence electrons. The van der Waals surface area contributed by atoms with Crippen molar-refractivity contribution in [2.24, 2.45) is 5.73 Å². The molecule has 0 radical (unpaired) electrons. The molecular formula is C11H14N2O4. The summed E-state index contributed by atoms with van der Waals surface area (Å²) in [5.74, 6) is -1.17. The van der Waals surface area contributed by atoms with Gasteiger partial charge in [-0.1, -0.05) is 30.3 Å². The third-order valence-corrected chi connectivity index (χ3v) is 1.96. The van der Waals surface area contributed by atoms with Crippen molar-refractivity contribution < 1.29 is 19.2 Å². The summed E-state index contributed by atoms with van der Waals surface area (Å²) < 4.78 is 5.05. The second-order valence-corrected chi connectivity index (χ2v) is 3.25. The number of amides is 2. The van der Waals surface area contributed by atoms with Crippen LogP contribution in [-0.2, 0) is 19.2 Å². The molecular weight excluding hydrogens is 224 g/mol. The third-order valence-electron chi connectivity index (χ3n) is 1.96. The number of nitrogens with two attached hydrogens (primary N) is 1. The summed E-state index contributed by atoms with van der Waals surface area (Å²) in [6, 6.07) is 8.92. The molecule has 0 aromatic heterocycles. The van der Waals surface area contributed by atoms with Gasteiger partial charge in [-0.2, -0.15) is 0 Å². The van der Waals surface area contributed by atoms with E-state index in [4.69, 9.17) is 10.5 Å². The second kappa shape index (κ2) is 6.62. The first-order valence-electron chi connectivity index (χ1n) is 4.93. The van der Waals surface area contributed by atoms with Crippen molar-refractivity contribution in [1.82, 2.24) is 5.48 Å². The molecule has 2 amide bonds. The van der Waals surface area contributed by atoms with Crippen LogP contribution in [0.25, 0.3) is 0 Å². The highest BCUT2D eigenvalue weighted by molar-refractivity contribution is 5.81. The molecule has 0 aliphatic heterocycles. The fraction of sp³-hybridized carbons (Fsp3) is 0.273. The van der Waals surface area contributed by atoms with Gasteiger partial charge >= 0.3 is 0 Å². The molecule has 1 aromatic carbocycles. The Labute approximate surface area is 98.7 Å². The van der Waals surface area contributed by atoms with Crippen LogP contribution in [-0.4, -0.2) is 25.5 Å². The lowest BCUT2D eigenvalue weighted by molar-refractivity contribution is -0.146. The van der Waals surface area contributed by atoms with Gasteiger partial charge in [-0.15, -0.1) is 0 Å². The van der Waals surface area contributed by atoms with E-state index in [0.717, 1.165) is 0 Å². The molecule has 3 N–H and O–H groups in total. The van der Waals surface area contributed by atoms with Crippen molar-refractivity contribution >= 4 is 11.8 Å². The number of hydroxylamine groups is 1. The van der Waals surface area contributed by atoms with Gasteiger partial charge in [0.25, 0.3) is 5.91 Å². The maximum atomic E-state index is 11.6. The van der Waals surface area contributed by atoms with E-state index < -0.39 is 17.9 Å². The van der Waals surface area contributed by atoms with Crippen LogP contribution in [0.5, 0.6) is 0 Å². The molecule has 0 saturated heterocycles. The van der Waals surface area contributed by atoms with Gasteiger partial charge in [0.15, 0.2) is 12.7 Å². The van der Waals surface area contributed by atoms with E-state index in [-0.39, 0.29) is 6.61 Å². The number of carbonyl (C=O) groups excluding carboxylic acids is 2. The van der Waals surface area contributed by atoms with Gasteiger partial charge in [-0.3, -0.25) is 14.4 Å². The fourth-order valence-corrected chi connectivity index (χ4v) is 1.25. The van der Waals surface area contributed by atoms with Crippen molar-refractivity contribution in [2.75, 3.05) is 13.7 Å². The Bertz CT molecular complexity index is 380. The lowest BCUT2D eigenvalue weighted by Gasteiger charge is -2.14. The average Bonchev–Trinajstić information content (AvgIpc) is 2.31. The van der Waals surface area contributed by atoms with Gasteiger partial charge in [-0.05, 0) is 5.56 Å². The first-order valence-corrected chi connectivity index (χ1v) is 4.93. The number of carbonyl (C=O) groups is 2. The Hall–Kier alpha value is -1.92. The molecule has 0 heterocycles. The zero-order valence-electron chi connectivity index (χ0n) is 9.38. The van der Waals surface area contributed by atoms with E-state index in [1.165, 1.54) is 7.11 Å². The summed E-state index contributed by atoms with van der Waals surface area (Å²) in [7, 11) is 1.41. The monoisotopic (exact) mass is 238 g/mol. The Balaban J connectivity index is 2.56. The molecule has 17 heavy (non-hydrogen) atoms. The van der Waals surface area contributed by atoms with Crippen LogP contribution in [0.15, 0.2) is 30.3 Å². The number of benzene rings is 1. The normalized spacial score (nSPS) is 11.8. The first kappa shape index (κ1) is 13.1. The summed E-state index contributed by atoms with van der Waals surface area (Å²) in [6.07, 6.45) is -0.788. The van der Waals surface area contributed by atoms with E-state index in [9.17, 15) is 9.59 Å². The largest absolute Gasteiger partial charge is 0.368 e. The van der Waals surface area contributed by atoms with E-state index in [0.29, 0.717) is 5.56 Å². The summed E-state index contributed by atoms with van der Waals surface area (Å²) in [6.45, 7) is -0.378. The summed E-state index contributed by atoms with van der Waals surface area (Å²) >= 11 is 0. The average molecular weight is 238 g/mol. The maximum absolute atomic E-state index is 11.6. The Morgan fingerprint density at radius 2 is 2.00 bits per heavy atom. The van der Waals surface area contributed by atoms with Gasteiger partial charge < -0.3 is 10.5 Å². The smallest absolute Gasteiger partial charge is 0.277 e. The van der Waals surface area contributed by atoms with Crippen LogP contribution in [0, 0.1) is 0 Å². The number of primary amides is 1. The van der Waals surface area contributed by atoms with Crippen molar-refractivity contribution in [3.05, 3.63) is 35.9 Å². The van der Waals surface area contributed by atoms with Gasteiger partial charge in [0.1, 0.15) is 0 Å². The minimum Gasteiger partial charge on any atom is -0.368 e. The maximum Gasteiger partial charge on any atom is 0.277 e. The van der Waals surface area contributed by atoms with Gasteiger partial charge in [0.2, 0.25) is 5.91 Å².